The van der Waals surface area contributed by atoms with E-state index in [0.29, 0.717) is 0 Å². The van der Waals surface area contributed by atoms with E-state index in [-0.39, 0.29) is 0 Å². The summed E-state index contributed by atoms with van der Waals surface area (Å²) in [5.74, 6) is -6.67. The van der Waals surface area contributed by atoms with Crippen molar-refractivity contribution < 1.29 is 85.7 Å². The summed E-state index contributed by atoms with van der Waals surface area (Å²) in [4.78, 5) is 103. The average molecular weight is 703 g/mol. The monoisotopic (exact) mass is 702 g/mol. The summed E-state index contributed by atoms with van der Waals surface area (Å²) < 4.78 is 53.7. The minimum absolute atomic E-state index is 0.527. The first-order chi connectivity index (χ1) is 22.9. The molecule has 2 aliphatic rings. The molecule has 0 unspecified atom stereocenters. The van der Waals surface area contributed by atoms with E-state index in [0.717, 1.165) is 55.4 Å². The Kier molecular flexibility index (Phi) is 15.2. The van der Waals surface area contributed by atoms with E-state index in [1.54, 1.807) is 0 Å². The van der Waals surface area contributed by atoms with Crippen LogP contribution in [-0.4, -0.2) is 128 Å². The fourth-order valence-corrected chi connectivity index (χ4v) is 4.77. The first kappa shape index (κ1) is 40.2. The third-order valence-corrected chi connectivity index (χ3v) is 6.30. The summed E-state index contributed by atoms with van der Waals surface area (Å²) >= 11 is 0. The topological polar surface area (TPSA) is 254 Å². The average Bonchev–Trinajstić information content (AvgIpc) is 2.95. The van der Waals surface area contributed by atoms with E-state index in [1.807, 2.05) is 0 Å². The molecule has 20 heteroatoms. The van der Waals surface area contributed by atoms with Crippen molar-refractivity contribution in [1.82, 2.24) is 0 Å². The lowest BCUT2D eigenvalue weighted by molar-refractivity contribution is -0.251. The summed E-state index contributed by atoms with van der Waals surface area (Å²) in [6.07, 6.45) is -15.0. The second-order valence-electron chi connectivity index (χ2n) is 10.5. The minimum atomic E-state index is -1.62. The number of hydrogen-bond acceptors (Lipinski definition) is 20. The maximum atomic E-state index is 12.1. The lowest BCUT2D eigenvalue weighted by atomic mass is 9.97. The SMILES string of the molecule is CC(=O)OC[C@H]1O[C@@H](N=C=N[C@@H]2O[C@H](COC(C)=O)[C@H](OC(C)=O)[C@H](OC(C)=O)[C@H]2OC(C)=O)[C@H](OC(C)=O)[C@@H](OC(C)=O)[C@H]1OC(C)=O. The molecule has 2 rings (SSSR count). The maximum Gasteiger partial charge on any atom is 0.303 e. The molecule has 0 bridgehead atoms. The van der Waals surface area contributed by atoms with Crippen LogP contribution in [0.5, 0.6) is 0 Å². The Morgan fingerprint density at radius 3 is 0.959 bits per heavy atom. The lowest BCUT2D eigenvalue weighted by Crippen LogP contribution is -2.62. The van der Waals surface area contributed by atoms with Crippen LogP contribution in [0.1, 0.15) is 55.4 Å². The van der Waals surface area contributed by atoms with Gasteiger partial charge in [0.05, 0.1) is 6.01 Å². The molecule has 0 aromatic heterocycles. The van der Waals surface area contributed by atoms with Gasteiger partial charge in [0.2, 0.25) is 0 Å². The van der Waals surface area contributed by atoms with E-state index in [2.05, 4.69) is 16.0 Å². The minimum Gasteiger partial charge on any atom is -0.463 e. The van der Waals surface area contributed by atoms with E-state index in [4.69, 9.17) is 47.4 Å². The van der Waals surface area contributed by atoms with Gasteiger partial charge in [0.1, 0.15) is 25.4 Å². The molecular formula is C29H38N2O18. The second kappa shape index (κ2) is 18.6. The number of aliphatic imine (C=N–C) groups is 2. The maximum absolute atomic E-state index is 12.1. The summed E-state index contributed by atoms with van der Waals surface area (Å²) in [5, 5.41) is 0. The van der Waals surface area contributed by atoms with Crippen LogP contribution in [0.2, 0.25) is 0 Å². The third-order valence-electron chi connectivity index (χ3n) is 6.30. The quantitative estimate of drug-likeness (QED) is 0.139. The Hall–Kier alpha value is -4.94. The molecule has 0 saturated carbocycles. The molecule has 0 N–H and O–H groups in total. The molecular weight excluding hydrogens is 664 g/mol. The number of rotatable bonds is 12. The number of carbonyl (C=O) groups is 8. The largest absolute Gasteiger partial charge is 0.463 e. The molecule has 272 valence electrons. The molecule has 49 heavy (non-hydrogen) atoms. The standard InChI is InChI=1S/C29H38N2O18/c1-12(32)40-9-20-22(42-14(3)34)24(44-16(5)36)26(46-18(7)38)28(48-20)30-11-31-29-27(47-19(8)39)25(45-17(6)37)23(43-15(4)35)21(49-29)10-41-13(2)33/h20-29H,9-10H2,1-8H3/t20-,21-,22+,23+,24+,25+,26-,27-,28-,29-/m1/s1. The molecule has 0 aliphatic carbocycles. The highest BCUT2D eigenvalue weighted by molar-refractivity contribution is 5.70. The Morgan fingerprint density at radius 1 is 0.429 bits per heavy atom. The number of ether oxygens (including phenoxy) is 10. The van der Waals surface area contributed by atoms with Crippen LogP contribution in [-0.2, 0) is 85.7 Å². The fraction of sp³-hybridized carbons (Fsp3) is 0.690. The molecule has 2 aliphatic heterocycles. The molecule has 0 aromatic carbocycles. The van der Waals surface area contributed by atoms with E-state index in [9.17, 15) is 38.4 Å². The van der Waals surface area contributed by atoms with Gasteiger partial charge >= 0.3 is 47.8 Å². The predicted molar refractivity (Wildman–Crippen MR) is 154 cm³/mol. The number of nitrogens with zero attached hydrogens (tertiary/aromatic N) is 2. The molecule has 0 radical (unpaired) electrons. The van der Waals surface area contributed by atoms with Crippen molar-refractivity contribution in [2.24, 2.45) is 9.98 Å². The summed E-state index contributed by atoms with van der Waals surface area (Å²) in [6.45, 7) is 7.40. The molecule has 20 nitrogen and oxygen atoms in total. The van der Waals surface area contributed by atoms with Gasteiger partial charge in [-0.1, -0.05) is 0 Å². The highest BCUT2D eigenvalue weighted by Crippen LogP contribution is 2.31. The van der Waals surface area contributed by atoms with Gasteiger partial charge < -0.3 is 47.4 Å². The Labute approximate surface area is 279 Å². The number of esters is 8. The Morgan fingerprint density at radius 2 is 0.694 bits per heavy atom. The van der Waals surface area contributed by atoms with Crippen LogP contribution in [0.15, 0.2) is 9.98 Å². The van der Waals surface area contributed by atoms with Crippen molar-refractivity contribution in [3.05, 3.63) is 0 Å². The summed E-state index contributed by atoms with van der Waals surface area (Å²) in [5.41, 5.74) is 0. The zero-order valence-electron chi connectivity index (χ0n) is 27.9. The molecule has 2 saturated heterocycles. The normalized spacial score (nSPS) is 29.0. The van der Waals surface area contributed by atoms with Gasteiger partial charge in [-0.05, 0) is 0 Å². The third kappa shape index (κ3) is 12.9. The van der Waals surface area contributed by atoms with Crippen molar-refractivity contribution in [2.75, 3.05) is 13.2 Å². The number of carbonyl (C=O) groups excluding carboxylic acids is 8. The molecule has 2 fully saturated rings. The van der Waals surface area contributed by atoms with Gasteiger partial charge in [0.15, 0.2) is 49.1 Å². The van der Waals surface area contributed by atoms with Crippen LogP contribution in [0, 0.1) is 0 Å². The fourth-order valence-electron chi connectivity index (χ4n) is 4.77. The summed E-state index contributed by atoms with van der Waals surface area (Å²) in [7, 11) is 0. The summed E-state index contributed by atoms with van der Waals surface area (Å²) in [6, 6.07) is 2.27. The first-order valence-corrected chi connectivity index (χ1v) is 14.6. The van der Waals surface area contributed by atoms with E-state index >= 15 is 0 Å². The molecule has 0 aromatic rings. The zero-order valence-corrected chi connectivity index (χ0v) is 27.9. The van der Waals surface area contributed by atoms with Gasteiger partial charge in [-0.2, -0.15) is 9.98 Å². The van der Waals surface area contributed by atoms with E-state index < -0.39 is 122 Å². The Balaban J connectivity index is 2.66. The van der Waals surface area contributed by atoms with Crippen LogP contribution < -0.4 is 0 Å². The smallest absolute Gasteiger partial charge is 0.303 e. The molecule has 0 amide bonds. The molecule has 0 spiro atoms. The Bertz CT molecular complexity index is 1250. The van der Waals surface area contributed by atoms with Gasteiger partial charge in [-0.25, -0.2) is 0 Å². The predicted octanol–water partition coefficient (Wildman–Crippen LogP) is -0.673. The van der Waals surface area contributed by atoms with Gasteiger partial charge in [-0.3, -0.25) is 38.4 Å². The number of hydrogen-bond donors (Lipinski definition) is 0. The van der Waals surface area contributed by atoms with Crippen molar-refractivity contribution >= 4 is 53.8 Å². The van der Waals surface area contributed by atoms with Crippen molar-refractivity contribution in [2.45, 2.75) is 117 Å². The highest BCUT2D eigenvalue weighted by Gasteiger charge is 2.54. The molecule has 10 atom stereocenters. The lowest BCUT2D eigenvalue weighted by Gasteiger charge is -2.43. The van der Waals surface area contributed by atoms with Crippen LogP contribution in [0.25, 0.3) is 0 Å². The van der Waals surface area contributed by atoms with Crippen molar-refractivity contribution in [3.8, 4) is 0 Å². The zero-order chi connectivity index (χ0) is 37.0. The van der Waals surface area contributed by atoms with Crippen LogP contribution >= 0.6 is 0 Å². The van der Waals surface area contributed by atoms with Gasteiger partial charge in [-0.15, -0.1) is 0 Å². The van der Waals surface area contributed by atoms with Crippen molar-refractivity contribution in [3.63, 3.8) is 0 Å². The van der Waals surface area contributed by atoms with Crippen LogP contribution in [0.3, 0.4) is 0 Å². The van der Waals surface area contributed by atoms with Gasteiger partial charge in [0.25, 0.3) is 0 Å². The molecule has 2 heterocycles. The first-order valence-electron chi connectivity index (χ1n) is 14.6. The van der Waals surface area contributed by atoms with Crippen molar-refractivity contribution in [1.29, 1.82) is 0 Å². The highest BCUT2D eigenvalue weighted by atomic mass is 16.7. The van der Waals surface area contributed by atoms with E-state index in [1.165, 1.54) is 0 Å². The van der Waals surface area contributed by atoms with Gasteiger partial charge in [0, 0.05) is 55.4 Å². The van der Waals surface area contributed by atoms with Crippen LogP contribution in [0.4, 0.5) is 0 Å². The second-order valence-corrected chi connectivity index (χ2v) is 10.5.